The van der Waals surface area contributed by atoms with Gasteiger partial charge in [-0.2, -0.15) is 0 Å². The minimum atomic E-state index is -0.227. The molecule has 0 saturated carbocycles. The lowest BCUT2D eigenvalue weighted by molar-refractivity contribution is -0.138. The lowest BCUT2D eigenvalue weighted by atomic mass is 9.77. The van der Waals surface area contributed by atoms with E-state index >= 15 is 0 Å². The smallest absolute Gasteiger partial charge is 0.319 e. The maximum Gasteiger partial charge on any atom is 0.319 e. The number of hydrogen-bond acceptors (Lipinski definition) is 4. The minimum Gasteiger partial charge on any atom is -0.497 e. The Labute approximate surface area is 243 Å². The number of likely N-dealkylation sites (tertiary alicyclic amines) is 2. The molecule has 2 N–H and O–H groups in total. The summed E-state index contributed by atoms with van der Waals surface area (Å²) >= 11 is 0. The SMILES string of the molecule is COc1ccc(CN2CCC3(CCN(CCC(NC(=O)Nc4ccccc4)c4ccccc4)CC3)C2=O)cc1.Cl. The van der Waals surface area contributed by atoms with Gasteiger partial charge in [-0.25, -0.2) is 4.79 Å². The topological polar surface area (TPSA) is 73.9 Å². The second kappa shape index (κ2) is 13.7. The molecule has 1 unspecified atom stereocenters. The largest absolute Gasteiger partial charge is 0.497 e. The Hall–Kier alpha value is -3.55. The molecule has 2 saturated heterocycles. The number of nitrogens with one attached hydrogen (secondary N) is 2. The highest BCUT2D eigenvalue weighted by atomic mass is 35.5. The number of urea groups is 1. The second-order valence-electron chi connectivity index (χ2n) is 10.7. The van der Waals surface area contributed by atoms with E-state index < -0.39 is 0 Å². The molecular formula is C32H39ClN4O3. The number of anilines is 1. The highest BCUT2D eigenvalue weighted by Crippen LogP contribution is 2.42. The van der Waals surface area contributed by atoms with Gasteiger partial charge in [-0.05, 0) is 74.2 Å². The third-order valence-electron chi connectivity index (χ3n) is 8.22. The number of piperidine rings is 1. The molecule has 2 fully saturated rings. The monoisotopic (exact) mass is 562 g/mol. The van der Waals surface area contributed by atoms with Gasteiger partial charge < -0.3 is 25.2 Å². The fourth-order valence-corrected chi connectivity index (χ4v) is 5.83. The summed E-state index contributed by atoms with van der Waals surface area (Å²) in [5, 5.41) is 6.10. The molecule has 3 aromatic rings. The maximum atomic E-state index is 13.5. The fourth-order valence-electron chi connectivity index (χ4n) is 5.83. The number of para-hydroxylation sites is 1. The van der Waals surface area contributed by atoms with Crippen molar-refractivity contribution in [1.82, 2.24) is 15.1 Å². The summed E-state index contributed by atoms with van der Waals surface area (Å²) in [4.78, 5) is 30.7. The van der Waals surface area contributed by atoms with Crippen molar-refractivity contribution in [2.45, 2.75) is 38.3 Å². The number of halogens is 1. The highest BCUT2D eigenvalue weighted by Gasteiger charge is 2.47. The van der Waals surface area contributed by atoms with Crippen LogP contribution in [0.5, 0.6) is 5.75 Å². The van der Waals surface area contributed by atoms with E-state index in [2.05, 4.69) is 27.7 Å². The molecule has 1 atom stereocenters. The summed E-state index contributed by atoms with van der Waals surface area (Å²) in [6, 6.07) is 27.3. The Balaban J connectivity index is 0.00000370. The molecule has 2 heterocycles. The summed E-state index contributed by atoms with van der Waals surface area (Å²) in [5.74, 6) is 1.14. The average molecular weight is 563 g/mol. The van der Waals surface area contributed by atoms with Crippen molar-refractivity contribution in [3.05, 3.63) is 96.1 Å². The van der Waals surface area contributed by atoms with Crippen LogP contribution in [0, 0.1) is 5.41 Å². The Morgan fingerprint density at radius 3 is 2.17 bits per heavy atom. The molecule has 0 radical (unpaired) electrons. The molecule has 8 heteroatoms. The summed E-state index contributed by atoms with van der Waals surface area (Å²) in [5.41, 5.74) is 2.77. The lowest BCUT2D eigenvalue weighted by Crippen LogP contribution is -2.45. The molecule has 7 nitrogen and oxygen atoms in total. The molecular weight excluding hydrogens is 524 g/mol. The number of carbonyl (C=O) groups excluding carboxylic acids is 2. The molecule has 0 aromatic heterocycles. The molecule has 2 aliphatic rings. The van der Waals surface area contributed by atoms with E-state index in [1.165, 1.54) is 0 Å². The van der Waals surface area contributed by atoms with Gasteiger partial charge in [-0.15, -0.1) is 12.4 Å². The zero-order valence-electron chi connectivity index (χ0n) is 23.1. The van der Waals surface area contributed by atoms with Crippen molar-refractivity contribution in [2.24, 2.45) is 5.41 Å². The summed E-state index contributed by atoms with van der Waals surface area (Å²) in [6.07, 6.45) is 3.52. The van der Waals surface area contributed by atoms with Crippen LogP contribution in [-0.2, 0) is 11.3 Å². The van der Waals surface area contributed by atoms with Crippen LogP contribution in [0.1, 0.15) is 42.9 Å². The van der Waals surface area contributed by atoms with Crippen LogP contribution >= 0.6 is 12.4 Å². The Kier molecular flexibility index (Phi) is 10.1. The lowest BCUT2D eigenvalue weighted by Gasteiger charge is -2.38. The van der Waals surface area contributed by atoms with Gasteiger partial charge in [0.2, 0.25) is 5.91 Å². The van der Waals surface area contributed by atoms with E-state index in [0.717, 1.165) is 74.4 Å². The van der Waals surface area contributed by atoms with Crippen LogP contribution < -0.4 is 15.4 Å². The first kappa shape index (κ1) is 29.4. The van der Waals surface area contributed by atoms with Crippen LogP contribution in [0.25, 0.3) is 0 Å². The number of nitrogens with zero attached hydrogens (tertiary/aromatic N) is 2. The number of methoxy groups -OCH3 is 1. The first-order valence-corrected chi connectivity index (χ1v) is 13.9. The van der Waals surface area contributed by atoms with Gasteiger partial charge in [0.1, 0.15) is 5.75 Å². The predicted octanol–water partition coefficient (Wildman–Crippen LogP) is 5.88. The van der Waals surface area contributed by atoms with E-state index in [9.17, 15) is 9.59 Å². The quantitative estimate of drug-likeness (QED) is 0.341. The van der Waals surface area contributed by atoms with E-state index in [4.69, 9.17) is 4.74 Å². The third kappa shape index (κ3) is 7.14. The Bertz CT molecular complexity index is 1230. The summed E-state index contributed by atoms with van der Waals surface area (Å²) in [7, 11) is 1.66. The number of hydrogen-bond donors (Lipinski definition) is 2. The number of rotatable bonds is 9. The van der Waals surface area contributed by atoms with Crippen LogP contribution in [0.2, 0.25) is 0 Å². The van der Waals surface area contributed by atoms with Gasteiger partial charge in [-0.3, -0.25) is 4.79 Å². The second-order valence-corrected chi connectivity index (χ2v) is 10.7. The maximum absolute atomic E-state index is 13.5. The first-order valence-electron chi connectivity index (χ1n) is 13.9. The average Bonchev–Trinajstić information content (AvgIpc) is 3.27. The van der Waals surface area contributed by atoms with Crippen LogP contribution in [0.4, 0.5) is 10.5 Å². The standard InChI is InChI=1S/C32H38N4O3.ClH/c1-39-28-14-12-25(13-15-28)24-36-23-19-32(30(36)37)17-21-35(22-18-32)20-16-29(26-8-4-2-5-9-26)34-31(38)33-27-10-6-3-7-11-27;/h2-15,29H,16-24H2,1H3,(H2,33,34,38);1H. The molecule has 2 aliphatic heterocycles. The number of carbonyl (C=O) groups is 2. The molecule has 0 bridgehead atoms. The first-order chi connectivity index (χ1) is 19.0. The fraction of sp³-hybridized carbons (Fsp3) is 0.375. The van der Waals surface area contributed by atoms with Crippen LogP contribution in [-0.4, -0.2) is 55.0 Å². The predicted molar refractivity (Wildman–Crippen MR) is 161 cm³/mol. The van der Waals surface area contributed by atoms with Crippen molar-refractivity contribution >= 4 is 30.0 Å². The van der Waals surface area contributed by atoms with Crippen molar-refractivity contribution < 1.29 is 14.3 Å². The van der Waals surface area contributed by atoms with E-state index in [1.54, 1.807) is 7.11 Å². The van der Waals surface area contributed by atoms with E-state index in [1.807, 2.05) is 77.7 Å². The zero-order valence-corrected chi connectivity index (χ0v) is 23.9. The Morgan fingerprint density at radius 1 is 0.900 bits per heavy atom. The van der Waals surface area contributed by atoms with E-state index in [0.29, 0.717) is 12.5 Å². The number of ether oxygens (including phenoxy) is 1. The van der Waals surface area contributed by atoms with Crippen molar-refractivity contribution in [1.29, 1.82) is 0 Å². The highest BCUT2D eigenvalue weighted by molar-refractivity contribution is 5.89. The van der Waals surface area contributed by atoms with Gasteiger partial charge in [0.25, 0.3) is 0 Å². The zero-order chi connectivity index (χ0) is 27.1. The molecule has 5 rings (SSSR count). The van der Waals surface area contributed by atoms with Gasteiger partial charge in [-0.1, -0.05) is 60.7 Å². The summed E-state index contributed by atoms with van der Waals surface area (Å²) < 4.78 is 5.25. The normalized spacial score (nSPS) is 17.2. The van der Waals surface area contributed by atoms with Crippen molar-refractivity contribution in [3.8, 4) is 5.75 Å². The summed E-state index contributed by atoms with van der Waals surface area (Å²) in [6.45, 7) is 4.15. The van der Waals surface area contributed by atoms with Crippen LogP contribution in [0.3, 0.4) is 0 Å². The molecule has 3 aromatic carbocycles. The van der Waals surface area contributed by atoms with Crippen molar-refractivity contribution in [3.63, 3.8) is 0 Å². The van der Waals surface area contributed by atoms with Gasteiger partial charge >= 0.3 is 6.03 Å². The van der Waals surface area contributed by atoms with Crippen molar-refractivity contribution in [2.75, 3.05) is 38.6 Å². The Morgan fingerprint density at radius 2 is 1.52 bits per heavy atom. The van der Waals surface area contributed by atoms with Gasteiger partial charge in [0, 0.05) is 25.3 Å². The van der Waals surface area contributed by atoms with Gasteiger partial charge in [0.15, 0.2) is 0 Å². The minimum absolute atomic E-state index is 0. The number of amides is 3. The van der Waals surface area contributed by atoms with Crippen LogP contribution in [0.15, 0.2) is 84.9 Å². The molecule has 40 heavy (non-hydrogen) atoms. The molecule has 0 aliphatic carbocycles. The van der Waals surface area contributed by atoms with E-state index in [-0.39, 0.29) is 29.9 Å². The van der Waals surface area contributed by atoms with Gasteiger partial charge in [0.05, 0.1) is 18.6 Å². The molecule has 212 valence electrons. The third-order valence-corrected chi connectivity index (χ3v) is 8.22. The number of benzene rings is 3. The molecule has 1 spiro atoms. The molecule has 3 amide bonds.